The van der Waals surface area contributed by atoms with Crippen molar-refractivity contribution in [2.75, 3.05) is 11.5 Å². The molecule has 0 saturated carbocycles. The number of rotatable bonds is 5. The minimum atomic E-state index is -1.40. The normalized spacial score (nSPS) is 17.2. The number of aliphatic hydroxyl groups is 1. The molecule has 1 fully saturated rings. The maximum atomic E-state index is 14.9. The predicted octanol–water partition coefficient (Wildman–Crippen LogP) is 4.84. The lowest BCUT2D eigenvalue weighted by Crippen LogP contribution is -2.29. The van der Waals surface area contributed by atoms with Gasteiger partial charge in [0.2, 0.25) is 0 Å². The lowest BCUT2D eigenvalue weighted by molar-refractivity contribution is -0.132. The van der Waals surface area contributed by atoms with Crippen LogP contribution in [0, 0.1) is 25.5 Å². The van der Waals surface area contributed by atoms with Crippen LogP contribution in [0.3, 0.4) is 0 Å². The van der Waals surface area contributed by atoms with E-state index >= 15 is 0 Å². The number of aryl methyl sites for hydroxylation is 2. The van der Waals surface area contributed by atoms with Crippen LogP contribution >= 0.6 is 11.3 Å². The first-order valence-electron chi connectivity index (χ1n) is 10.6. The molecule has 1 N–H and O–H groups in total. The quantitative estimate of drug-likeness (QED) is 0.234. The van der Waals surface area contributed by atoms with Crippen LogP contribution in [0.2, 0.25) is 0 Å². The van der Waals surface area contributed by atoms with Gasteiger partial charge in [0.25, 0.3) is 5.78 Å². The molecule has 1 atom stereocenters. The first-order valence-corrected chi connectivity index (χ1v) is 11.4. The van der Waals surface area contributed by atoms with Crippen molar-refractivity contribution in [2.45, 2.75) is 26.8 Å². The number of esters is 1. The summed E-state index contributed by atoms with van der Waals surface area (Å²) in [6.45, 7) is 4.83. The lowest BCUT2D eigenvalue weighted by Gasteiger charge is -2.23. The van der Waals surface area contributed by atoms with Crippen LogP contribution in [0.1, 0.15) is 45.0 Å². The van der Waals surface area contributed by atoms with E-state index in [-0.39, 0.29) is 33.4 Å². The van der Waals surface area contributed by atoms with Gasteiger partial charge in [0.05, 0.1) is 17.9 Å². The smallest absolute Gasteiger partial charge is 0.350 e. The number of Topliss-reactive ketones (excluding diaryl/α,β-unsaturated/α-hetero) is 1. The third kappa shape index (κ3) is 4.21. The minimum Gasteiger partial charge on any atom is -0.507 e. The van der Waals surface area contributed by atoms with E-state index in [2.05, 4.69) is 4.98 Å². The number of anilines is 1. The molecule has 1 saturated heterocycles. The van der Waals surface area contributed by atoms with Crippen molar-refractivity contribution in [1.29, 1.82) is 0 Å². The molecule has 3 aromatic rings. The van der Waals surface area contributed by atoms with Gasteiger partial charge in [-0.15, -0.1) is 0 Å². The van der Waals surface area contributed by atoms with E-state index in [1.165, 1.54) is 44.2 Å². The van der Waals surface area contributed by atoms with Gasteiger partial charge in [-0.25, -0.2) is 18.6 Å². The Morgan fingerprint density at radius 1 is 1.14 bits per heavy atom. The second-order valence-corrected chi connectivity index (χ2v) is 8.76. The van der Waals surface area contributed by atoms with Crippen molar-refractivity contribution >= 4 is 39.9 Å². The predicted molar refractivity (Wildman–Crippen MR) is 125 cm³/mol. The summed E-state index contributed by atoms with van der Waals surface area (Å²) >= 11 is 0.809. The summed E-state index contributed by atoms with van der Waals surface area (Å²) in [6, 6.07) is 7.91. The first-order chi connectivity index (χ1) is 16.6. The number of hydrogen-bond acceptors (Lipinski definition) is 7. The summed E-state index contributed by atoms with van der Waals surface area (Å²) in [5, 5.41) is 11.0. The minimum absolute atomic E-state index is 0.0463. The van der Waals surface area contributed by atoms with Crippen molar-refractivity contribution < 1.29 is 33.0 Å². The van der Waals surface area contributed by atoms with Crippen molar-refractivity contribution in [2.24, 2.45) is 0 Å². The molecule has 4 rings (SSSR count). The molecule has 1 unspecified atom stereocenters. The molecule has 1 aliphatic rings. The van der Waals surface area contributed by atoms with Crippen molar-refractivity contribution in [3.63, 3.8) is 0 Å². The summed E-state index contributed by atoms with van der Waals surface area (Å²) in [4.78, 5) is 43.9. The van der Waals surface area contributed by atoms with Gasteiger partial charge in [-0.2, -0.15) is 0 Å². The number of carbonyl (C=O) groups excluding carboxylic acids is 3. The number of ether oxygens (including phenoxy) is 1. The number of thiazole rings is 1. The van der Waals surface area contributed by atoms with Crippen molar-refractivity contribution in [3.8, 4) is 0 Å². The van der Waals surface area contributed by atoms with Gasteiger partial charge in [-0.3, -0.25) is 14.5 Å². The number of nitrogens with zero attached hydrogens (tertiary/aromatic N) is 2. The monoisotopic (exact) mass is 498 g/mol. The van der Waals surface area contributed by atoms with Crippen LogP contribution in [-0.4, -0.2) is 34.4 Å². The molecule has 1 aromatic heterocycles. The largest absolute Gasteiger partial charge is 0.507 e. The SMILES string of the molecule is CCOC(=O)c1sc(N2C(=O)C(=O)/C(=C(\O)c3ccc(C)c(F)c3)C2c2ccccc2F)nc1C. The molecule has 0 bridgehead atoms. The number of benzene rings is 2. The Morgan fingerprint density at radius 2 is 1.86 bits per heavy atom. The molecule has 35 heavy (non-hydrogen) atoms. The summed E-state index contributed by atoms with van der Waals surface area (Å²) in [5.41, 5.74) is 0.0332. The molecule has 0 radical (unpaired) electrons. The molecular formula is C25H20F2N2O5S. The second kappa shape index (κ2) is 9.38. The fraction of sp³-hybridized carbons (Fsp3) is 0.200. The zero-order chi connectivity index (χ0) is 25.4. The maximum absolute atomic E-state index is 14.9. The van der Waals surface area contributed by atoms with Gasteiger partial charge in [0.1, 0.15) is 28.3 Å². The van der Waals surface area contributed by atoms with Gasteiger partial charge in [-0.05, 0) is 38.5 Å². The van der Waals surface area contributed by atoms with Gasteiger partial charge in [0, 0.05) is 11.1 Å². The molecule has 0 spiro atoms. The number of aliphatic hydroxyl groups excluding tert-OH is 1. The Bertz CT molecular complexity index is 1400. The highest BCUT2D eigenvalue weighted by molar-refractivity contribution is 7.17. The zero-order valence-electron chi connectivity index (χ0n) is 19.0. The number of aromatic nitrogens is 1. The van der Waals surface area contributed by atoms with E-state index < -0.39 is 46.7 Å². The highest BCUT2D eigenvalue weighted by atomic mass is 32.1. The highest BCUT2D eigenvalue weighted by Gasteiger charge is 2.49. The molecule has 0 aliphatic carbocycles. The third-order valence-corrected chi connectivity index (χ3v) is 6.68. The highest BCUT2D eigenvalue weighted by Crippen LogP contribution is 2.44. The lowest BCUT2D eigenvalue weighted by atomic mass is 9.94. The Kier molecular flexibility index (Phi) is 6.49. The third-order valence-electron chi connectivity index (χ3n) is 5.54. The van der Waals surface area contributed by atoms with Crippen LogP contribution in [0.25, 0.3) is 5.76 Å². The van der Waals surface area contributed by atoms with Crippen LogP contribution in [0.5, 0.6) is 0 Å². The standard InChI is InChI=1S/C25H20F2N2O5S/c1-4-34-24(33)22-13(3)28-25(35-22)29-19(15-7-5-6-8-16(15)26)18(21(31)23(29)32)20(30)14-10-9-12(2)17(27)11-14/h5-11,19,30H,4H2,1-3H3/b20-18-. The fourth-order valence-corrected chi connectivity index (χ4v) is 4.78. The Balaban J connectivity index is 1.94. The number of hydrogen-bond donors (Lipinski definition) is 1. The molecule has 1 amide bonds. The summed E-state index contributed by atoms with van der Waals surface area (Å²) in [5.74, 6) is -4.83. The molecule has 10 heteroatoms. The average molecular weight is 499 g/mol. The Morgan fingerprint density at radius 3 is 2.51 bits per heavy atom. The van der Waals surface area contributed by atoms with E-state index in [1.54, 1.807) is 6.92 Å². The average Bonchev–Trinajstić information content (AvgIpc) is 3.32. The van der Waals surface area contributed by atoms with E-state index in [0.717, 1.165) is 28.4 Å². The van der Waals surface area contributed by atoms with E-state index in [0.29, 0.717) is 5.56 Å². The summed E-state index contributed by atoms with van der Waals surface area (Å²) in [6.07, 6.45) is 0. The summed E-state index contributed by atoms with van der Waals surface area (Å²) < 4.78 is 34.2. The molecule has 1 aliphatic heterocycles. The molecule has 7 nitrogen and oxygen atoms in total. The van der Waals surface area contributed by atoms with Gasteiger partial charge < -0.3 is 9.84 Å². The van der Waals surface area contributed by atoms with Gasteiger partial charge in [0.15, 0.2) is 5.13 Å². The van der Waals surface area contributed by atoms with Crippen LogP contribution in [-0.2, 0) is 14.3 Å². The zero-order valence-corrected chi connectivity index (χ0v) is 19.8. The van der Waals surface area contributed by atoms with Crippen LogP contribution in [0.15, 0.2) is 48.0 Å². The van der Waals surface area contributed by atoms with E-state index in [4.69, 9.17) is 4.74 Å². The summed E-state index contributed by atoms with van der Waals surface area (Å²) in [7, 11) is 0. The van der Waals surface area contributed by atoms with Crippen LogP contribution < -0.4 is 4.90 Å². The number of halogens is 2. The van der Waals surface area contributed by atoms with E-state index in [1.807, 2.05) is 0 Å². The maximum Gasteiger partial charge on any atom is 0.350 e. The van der Waals surface area contributed by atoms with E-state index in [9.17, 15) is 28.3 Å². The second-order valence-electron chi connectivity index (χ2n) is 7.79. The number of ketones is 1. The van der Waals surface area contributed by atoms with Crippen molar-refractivity contribution in [1.82, 2.24) is 4.98 Å². The molecule has 2 heterocycles. The number of amides is 1. The van der Waals surface area contributed by atoms with Crippen LogP contribution in [0.4, 0.5) is 13.9 Å². The Hall–Kier alpha value is -3.92. The first kappa shape index (κ1) is 24.2. The Labute approximate surface area is 203 Å². The molecule has 180 valence electrons. The number of carbonyl (C=O) groups is 3. The topological polar surface area (TPSA) is 96.8 Å². The van der Waals surface area contributed by atoms with Gasteiger partial charge in [-0.1, -0.05) is 41.7 Å². The molecular weight excluding hydrogens is 478 g/mol. The van der Waals surface area contributed by atoms with Crippen molar-refractivity contribution in [3.05, 3.63) is 86.9 Å². The fourth-order valence-electron chi connectivity index (χ4n) is 3.79. The van der Waals surface area contributed by atoms with Gasteiger partial charge >= 0.3 is 11.9 Å². The molecule has 2 aromatic carbocycles.